The lowest BCUT2D eigenvalue weighted by Gasteiger charge is -2.06. The number of benzene rings is 1. The summed E-state index contributed by atoms with van der Waals surface area (Å²) in [4.78, 5) is 13.2. The Hall–Kier alpha value is -2.40. The Balaban J connectivity index is 2.12. The third kappa shape index (κ3) is 1.81. The largest absolute Gasteiger partial charge is 0.348 e. The maximum atomic E-state index is 12.0. The van der Waals surface area contributed by atoms with E-state index in [9.17, 15) is 4.79 Å². The van der Waals surface area contributed by atoms with Crippen LogP contribution in [0.15, 0.2) is 40.5 Å². The molecule has 104 valence electrons. The summed E-state index contributed by atoms with van der Waals surface area (Å²) in [5.74, 6) is 0. The molecule has 0 aliphatic rings. The lowest BCUT2D eigenvalue weighted by Crippen LogP contribution is -2.10. The van der Waals surface area contributed by atoms with E-state index in [4.69, 9.17) is 0 Å². The second kappa shape index (κ2) is 4.30. The van der Waals surface area contributed by atoms with E-state index in [0.717, 1.165) is 22.0 Å². The molecule has 0 saturated carbocycles. The van der Waals surface area contributed by atoms with Crippen LogP contribution in [0.1, 0.15) is 11.1 Å². The van der Waals surface area contributed by atoms with Gasteiger partial charge in [-0.05, 0) is 54.1 Å². The summed E-state index contributed by atoms with van der Waals surface area (Å²) >= 11 is 1.72. The number of thiophene rings is 1. The summed E-state index contributed by atoms with van der Waals surface area (Å²) in [7, 11) is 0. The molecular formula is C16H13N3OS. The van der Waals surface area contributed by atoms with Crippen molar-refractivity contribution >= 4 is 27.9 Å². The number of nitrogens with zero attached hydrogens (tertiary/aromatic N) is 2. The number of aryl methyl sites for hydroxylation is 2. The number of fused-ring (bicyclic) bond motifs is 3. The Morgan fingerprint density at radius 1 is 1.19 bits per heavy atom. The topological polar surface area (TPSA) is 50.2 Å². The van der Waals surface area contributed by atoms with Gasteiger partial charge in [-0.1, -0.05) is 12.1 Å². The maximum Gasteiger partial charge on any atom is 0.348 e. The molecule has 0 aliphatic heterocycles. The molecule has 4 aromatic rings. The molecule has 3 aromatic heterocycles. The molecule has 1 N–H and O–H groups in total. The monoisotopic (exact) mass is 295 g/mol. The van der Waals surface area contributed by atoms with E-state index in [1.165, 1.54) is 10.4 Å². The first-order valence-corrected chi connectivity index (χ1v) is 7.57. The molecule has 0 atom stereocenters. The van der Waals surface area contributed by atoms with Gasteiger partial charge >= 0.3 is 5.69 Å². The summed E-state index contributed by atoms with van der Waals surface area (Å²) < 4.78 is 1.63. The molecule has 1 aromatic carbocycles. The molecule has 0 radical (unpaired) electrons. The lowest BCUT2D eigenvalue weighted by molar-refractivity contribution is 1.04. The fourth-order valence-electron chi connectivity index (χ4n) is 2.70. The van der Waals surface area contributed by atoms with Crippen molar-refractivity contribution in [2.45, 2.75) is 13.8 Å². The molecule has 0 saturated heterocycles. The summed E-state index contributed by atoms with van der Waals surface area (Å²) in [5, 5.41) is 9.79. The SMILES string of the molecule is Cc1csc(-c2ccc3c(C)cc4n[nH]c(=O)n4c3c2)c1. The van der Waals surface area contributed by atoms with E-state index in [1.54, 1.807) is 15.7 Å². The molecule has 0 amide bonds. The van der Waals surface area contributed by atoms with Crippen LogP contribution >= 0.6 is 11.3 Å². The highest BCUT2D eigenvalue weighted by molar-refractivity contribution is 7.13. The van der Waals surface area contributed by atoms with Crippen LogP contribution in [0.2, 0.25) is 0 Å². The van der Waals surface area contributed by atoms with Crippen LogP contribution in [-0.4, -0.2) is 14.6 Å². The minimum atomic E-state index is -0.200. The Morgan fingerprint density at radius 2 is 2.05 bits per heavy atom. The fraction of sp³-hybridized carbons (Fsp3) is 0.125. The highest BCUT2D eigenvalue weighted by Crippen LogP contribution is 2.30. The van der Waals surface area contributed by atoms with Gasteiger partial charge < -0.3 is 0 Å². The van der Waals surface area contributed by atoms with Gasteiger partial charge in [-0.3, -0.25) is 0 Å². The van der Waals surface area contributed by atoms with E-state index in [2.05, 4.69) is 46.8 Å². The Bertz CT molecular complexity index is 1040. The average molecular weight is 295 g/mol. The average Bonchev–Trinajstić information content (AvgIpc) is 3.05. The Morgan fingerprint density at radius 3 is 2.81 bits per heavy atom. The van der Waals surface area contributed by atoms with Gasteiger partial charge in [0.05, 0.1) is 5.52 Å². The molecule has 0 spiro atoms. The lowest BCUT2D eigenvalue weighted by atomic mass is 10.1. The Labute approximate surface area is 124 Å². The van der Waals surface area contributed by atoms with E-state index >= 15 is 0 Å². The molecule has 3 heterocycles. The van der Waals surface area contributed by atoms with Crippen LogP contribution in [0.4, 0.5) is 0 Å². The van der Waals surface area contributed by atoms with Gasteiger partial charge in [-0.15, -0.1) is 11.3 Å². The number of aromatic amines is 1. The van der Waals surface area contributed by atoms with Gasteiger partial charge in [0.25, 0.3) is 0 Å². The molecule has 0 fully saturated rings. The minimum absolute atomic E-state index is 0.200. The van der Waals surface area contributed by atoms with Crippen LogP contribution in [0.25, 0.3) is 27.0 Å². The number of nitrogens with one attached hydrogen (secondary N) is 1. The molecule has 4 rings (SSSR count). The first-order valence-electron chi connectivity index (χ1n) is 6.69. The van der Waals surface area contributed by atoms with Crippen molar-refractivity contribution in [1.82, 2.24) is 14.6 Å². The summed E-state index contributed by atoms with van der Waals surface area (Å²) in [6, 6.07) is 10.3. The van der Waals surface area contributed by atoms with Crippen molar-refractivity contribution in [3.8, 4) is 10.4 Å². The third-order valence-corrected chi connectivity index (χ3v) is 4.82. The zero-order valence-electron chi connectivity index (χ0n) is 11.7. The molecular weight excluding hydrogens is 282 g/mol. The quantitative estimate of drug-likeness (QED) is 0.584. The minimum Gasteiger partial charge on any atom is -0.246 e. The second-order valence-corrected chi connectivity index (χ2v) is 6.18. The molecule has 21 heavy (non-hydrogen) atoms. The zero-order valence-corrected chi connectivity index (χ0v) is 12.5. The van der Waals surface area contributed by atoms with Crippen LogP contribution < -0.4 is 5.69 Å². The number of pyridine rings is 1. The second-order valence-electron chi connectivity index (χ2n) is 5.27. The number of hydrogen-bond acceptors (Lipinski definition) is 3. The van der Waals surface area contributed by atoms with Crippen LogP contribution in [0, 0.1) is 13.8 Å². The van der Waals surface area contributed by atoms with Crippen LogP contribution in [0.3, 0.4) is 0 Å². The van der Waals surface area contributed by atoms with Crippen molar-refractivity contribution in [2.75, 3.05) is 0 Å². The predicted octanol–water partition coefficient (Wildman–Crippen LogP) is 3.52. The molecule has 4 nitrogen and oxygen atoms in total. The highest BCUT2D eigenvalue weighted by atomic mass is 32.1. The first-order chi connectivity index (χ1) is 10.1. The summed E-state index contributed by atoms with van der Waals surface area (Å²) in [5.41, 5.74) is 4.85. The smallest absolute Gasteiger partial charge is 0.246 e. The standard InChI is InChI=1S/C16H13N3OS/c1-9-5-14(21-8-9)11-3-4-12-10(2)6-15-17-18-16(20)19(15)13(12)7-11/h3-8H,1-2H3,(H,18,20). The van der Waals surface area contributed by atoms with Crippen LogP contribution in [0.5, 0.6) is 0 Å². The van der Waals surface area contributed by atoms with Gasteiger partial charge in [0.2, 0.25) is 0 Å². The molecule has 0 aliphatic carbocycles. The number of rotatable bonds is 1. The van der Waals surface area contributed by atoms with Gasteiger partial charge in [-0.2, -0.15) is 5.10 Å². The van der Waals surface area contributed by atoms with E-state index < -0.39 is 0 Å². The van der Waals surface area contributed by atoms with E-state index in [1.807, 2.05) is 13.0 Å². The van der Waals surface area contributed by atoms with Crippen molar-refractivity contribution in [1.29, 1.82) is 0 Å². The summed E-state index contributed by atoms with van der Waals surface area (Å²) in [6.45, 7) is 4.13. The third-order valence-electron chi connectivity index (χ3n) is 3.72. The molecule has 0 unspecified atom stereocenters. The predicted molar refractivity (Wildman–Crippen MR) is 86.1 cm³/mol. The van der Waals surface area contributed by atoms with Gasteiger partial charge in [0, 0.05) is 10.3 Å². The van der Waals surface area contributed by atoms with Crippen molar-refractivity contribution in [3.63, 3.8) is 0 Å². The van der Waals surface area contributed by atoms with Gasteiger partial charge in [0.15, 0.2) is 5.65 Å². The maximum absolute atomic E-state index is 12.0. The van der Waals surface area contributed by atoms with E-state index in [-0.39, 0.29) is 5.69 Å². The van der Waals surface area contributed by atoms with Crippen molar-refractivity contribution in [3.05, 3.63) is 57.3 Å². The van der Waals surface area contributed by atoms with Crippen molar-refractivity contribution < 1.29 is 0 Å². The zero-order chi connectivity index (χ0) is 14.6. The highest BCUT2D eigenvalue weighted by Gasteiger charge is 2.10. The fourth-order valence-corrected chi connectivity index (χ4v) is 3.59. The number of hydrogen-bond donors (Lipinski definition) is 1. The number of aromatic nitrogens is 3. The Kier molecular flexibility index (Phi) is 2.53. The van der Waals surface area contributed by atoms with E-state index in [0.29, 0.717) is 5.65 Å². The molecule has 5 heteroatoms. The molecule has 0 bridgehead atoms. The number of H-pyrrole nitrogens is 1. The first kappa shape index (κ1) is 12.3. The summed E-state index contributed by atoms with van der Waals surface area (Å²) in [6.07, 6.45) is 0. The van der Waals surface area contributed by atoms with Gasteiger partial charge in [0.1, 0.15) is 0 Å². The van der Waals surface area contributed by atoms with Gasteiger partial charge in [-0.25, -0.2) is 14.3 Å². The normalized spacial score (nSPS) is 11.5. The van der Waals surface area contributed by atoms with Crippen LogP contribution in [-0.2, 0) is 0 Å². The van der Waals surface area contributed by atoms with Crippen molar-refractivity contribution in [2.24, 2.45) is 0 Å².